The molecule has 5 nitrogen and oxygen atoms in total. The van der Waals surface area contributed by atoms with Crippen molar-refractivity contribution in [1.82, 2.24) is 0 Å². The van der Waals surface area contributed by atoms with Crippen LogP contribution in [0.1, 0.15) is 337 Å². The Kier molecular flexibility index (Phi) is 66.7. The maximum absolute atomic E-state index is 12.6. The number of nitrogens with zero attached hydrogens (tertiary/aromatic N) is 2. The zero-order valence-electron chi connectivity index (χ0n) is 68.9. The summed E-state index contributed by atoms with van der Waals surface area (Å²) in [7, 11) is 0. The Morgan fingerprint density at radius 1 is 0.404 bits per heavy atom. The van der Waals surface area contributed by atoms with Gasteiger partial charge in [0.2, 0.25) is 40.6 Å². The van der Waals surface area contributed by atoms with Gasteiger partial charge in [0.1, 0.15) is 11.3 Å². The minimum Gasteiger partial charge on any atom is -0.396 e. The molecule has 2 aliphatic carbocycles. The maximum atomic E-state index is 12.6. The van der Waals surface area contributed by atoms with Gasteiger partial charge in [-0.25, -0.2) is 57.0 Å². The molecule has 0 unspecified atom stereocenters. The van der Waals surface area contributed by atoms with Crippen molar-refractivity contribution in [2.24, 2.45) is 75.9 Å². The molecule has 0 radical (unpaired) electrons. The standard InChI is InChI=1S/C7H15F.C7H11N.C7H13N.C7H16O.C7H14.C6H8F6.2C6H12F2.2C6H13FO.C6H13F.C5H10F2.2CH4/c1-6(2)5-7(3,4)8;1-6(2)7(8-3)4-5-7;1-6(2)7(3,4)8-5;1-6(2)7(3,4)5-8;1-6(2)7(3)4-5-7;1-3(2)4(5(7,8)9)6(10,11)12;2*1-5(2)4-6(3,7)8;2*1-5(2)8-6(3,4)7;1-5(2)6(3,4)7;1-4(2)5(3,6)7;;/h6H,5H2,1-4H3;6H,4-5H2,1-2H3;6H,1-4H3;6,8H,5H2,1-4H3;6H,4-5H2,1-3H3;3-4H,1-2H3;2*5H,4H2,1-3H3;2*5H,1-4H3;5H,1-4H3;4H,1-3H3;2*1H4. The molecule has 0 aromatic carbocycles. The highest BCUT2D eigenvalue weighted by Crippen LogP contribution is 2.51. The molecule has 0 aliphatic heterocycles. The fourth-order valence-corrected chi connectivity index (χ4v) is 6.50. The van der Waals surface area contributed by atoms with Gasteiger partial charge >= 0.3 is 12.4 Å². The highest BCUT2D eigenvalue weighted by Gasteiger charge is 2.58. The highest BCUT2D eigenvalue weighted by molar-refractivity contribution is 5.12. The summed E-state index contributed by atoms with van der Waals surface area (Å²) in [5.41, 5.74) is -1.21. The van der Waals surface area contributed by atoms with E-state index < -0.39 is 70.9 Å². The molecule has 0 aromatic rings. The monoisotopic (exact) mass is 1480 g/mol. The Balaban J connectivity index is -0.0000000835. The molecule has 2 rings (SSSR count). The average molecular weight is 1480 g/mol. The second-order valence-electron chi connectivity index (χ2n) is 33.7. The van der Waals surface area contributed by atoms with E-state index >= 15 is 0 Å². The lowest BCUT2D eigenvalue weighted by Gasteiger charge is -2.25. The second kappa shape index (κ2) is 53.5. The molecular weight excluding hydrogens is 1320 g/mol. The van der Waals surface area contributed by atoms with Crippen LogP contribution in [0.5, 0.6) is 0 Å². The number of alkyl halides is 16. The minimum atomic E-state index is -5.20. The highest BCUT2D eigenvalue weighted by atomic mass is 19.4. The van der Waals surface area contributed by atoms with Crippen molar-refractivity contribution in [3.05, 3.63) is 22.8 Å². The lowest BCUT2D eigenvalue weighted by Crippen LogP contribution is -2.40. The van der Waals surface area contributed by atoms with Gasteiger partial charge in [0, 0.05) is 63.9 Å². The topological polar surface area (TPSA) is 47.4 Å². The van der Waals surface area contributed by atoms with Gasteiger partial charge in [-0.15, -0.1) is 0 Å². The van der Waals surface area contributed by atoms with Gasteiger partial charge in [0.05, 0.1) is 12.2 Å². The van der Waals surface area contributed by atoms with Crippen molar-refractivity contribution in [2.45, 2.75) is 413 Å². The van der Waals surface area contributed by atoms with Crippen LogP contribution in [0.25, 0.3) is 9.69 Å². The third-order valence-corrected chi connectivity index (χ3v) is 15.4. The molecule has 0 amide bonds. The van der Waals surface area contributed by atoms with Crippen molar-refractivity contribution < 1.29 is 84.8 Å². The van der Waals surface area contributed by atoms with E-state index in [4.69, 9.17) is 27.7 Å². The summed E-state index contributed by atoms with van der Waals surface area (Å²) < 4.78 is 202. The Morgan fingerprint density at radius 3 is 0.667 bits per heavy atom. The lowest BCUT2D eigenvalue weighted by atomic mass is 9.82. The van der Waals surface area contributed by atoms with Gasteiger partial charge in [-0.05, 0) is 175 Å². The van der Waals surface area contributed by atoms with Crippen LogP contribution < -0.4 is 0 Å². The second-order valence-corrected chi connectivity index (χ2v) is 33.7. The molecule has 0 saturated heterocycles. The van der Waals surface area contributed by atoms with E-state index in [0.29, 0.717) is 30.1 Å². The molecule has 99 heavy (non-hydrogen) atoms. The van der Waals surface area contributed by atoms with Gasteiger partial charge in [0.15, 0.2) is 5.92 Å². The van der Waals surface area contributed by atoms with Crippen LogP contribution in [-0.4, -0.2) is 88.2 Å². The van der Waals surface area contributed by atoms with Crippen LogP contribution in [0.3, 0.4) is 0 Å². The first-order valence-electron chi connectivity index (χ1n) is 34.7. The van der Waals surface area contributed by atoms with Crippen LogP contribution >= 0.6 is 0 Å². The van der Waals surface area contributed by atoms with Crippen LogP contribution in [0, 0.1) is 89.1 Å². The zero-order chi connectivity index (χ0) is 81.5. The quantitative estimate of drug-likeness (QED) is 0.110. The summed E-state index contributed by atoms with van der Waals surface area (Å²) in [6.45, 7) is 83.4. The number of ether oxygens (including phenoxy) is 2. The average Bonchev–Trinajstić information content (AvgIpc) is 1.74. The van der Waals surface area contributed by atoms with Gasteiger partial charge in [-0.1, -0.05) is 174 Å². The Morgan fingerprint density at radius 2 is 0.667 bits per heavy atom. The summed E-state index contributed by atoms with van der Waals surface area (Å²) in [6, 6.07) is 0. The number of aliphatic hydroxyl groups is 1. The molecule has 2 saturated carbocycles. The first-order chi connectivity index (χ1) is 41.9. The van der Waals surface area contributed by atoms with Gasteiger partial charge in [-0.2, -0.15) is 26.3 Å². The van der Waals surface area contributed by atoms with Gasteiger partial charge < -0.3 is 24.3 Å². The molecule has 0 atom stereocenters. The summed E-state index contributed by atoms with van der Waals surface area (Å²) >= 11 is 0. The molecule has 0 aromatic heterocycles. The molecule has 0 spiro atoms. The summed E-state index contributed by atoms with van der Waals surface area (Å²) in [6.07, 6.45) is -4.63. The van der Waals surface area contributed by atoms with E-state index in [9.17, 15) is 70.2 Å². The van der Waals surface area contributed by atoms with E-state index in [1.807, 2.05) is 41.5 Å². The van der Waals surface area contributed by atoms with E-state index in [0.717, 1.165) is 58.8 Å². The number of hydrogen-bond acceptors (Lipinski definition) is 3. The van der Waals surface area contributed by atoms with Crippen molar-refractivity contribution in [2.75, 3.05) is 6.61 Å². The third kappa shape index (κ3) is 95.7. The Hall–Kier alpha value is -2.26. The third-order valence-electron chi connectivity index (χ3n) is 15.4. The first kappa shape index (κ1) is 123. The van der Waals surface area contributed by atoms with E-state index in [2.05, 4.69) is 85.9 Å². The molecule has 610 valence electrons. The van der Waals surface area contributed by atoms with Gasteiger partial charge in [-0.3, -0.25) is 0 Å². The normalized spacial score (nSPS) is 14.3. The molecule has 21 heteroatoms. The Labute approximate surface area is 601 Å². The smallest absolute Gasteiger partial charge is 0.396 e. The molecule has 1 N–H and O–H groups in total. The van der Waals surface area contributed by atoms with Crippen LogP contribution in [0.15, 0.2) is 0 Å². The number of rotatable bonds is 18. The number of hydrogen-bond donors (Lipinski definition) is 1. The SMILES string of the molecule is C.C.CC(C)C(C(F)(F)F)C(F)(F)F.CC(C)C(C)(C)CO.CC(C)C(C)(C)F.CC(C)C(C)(F)F.CC(C)C1(C)CC1.CC(C)CC(C)(C)F.CC(C)CC(C)(F)F.CC(C)CC(C)(F)F.CC(C)OC(C)(C)F.CC(C)OC(C)(C)F.[C-]#[N+]C(C)(C)C(C)C.[C-]#[N+]C1(C(C)C)CC1. The first-order valence-corrected chi connectivity index (χ1v) is 34.7. The fraction of sp³-hybridized carbons (Fsp3) is 0.974. The van der Waals surface area contributed by atoms with Crippen molar-refractivity contribution in [1.29, 1.82) is 0 Å². The minimum absolute atomic E-state index is 0. The maximum Gasteiger partial charge on any atom is 0.400 e. The predicted molar refractivity (Wildman–Crippen MR) is 394 cm³/mol. The Bertz CT molecular complexity index is 1750. The molecular formula is C78H158F16N2O3. The predicted octanol–water partition coefficient (Wildman–Crippen LogP) is 30.3. The zero-order valence-corrected chi connectivity index (χ0v) is 68.9. The lowest BCUT2D eigenvalue weighted by molar-refractivity contribution is -0.295. The fourth-order valence-electron chi connectivity index (χ4n) is 6.50. The van der Waals surface area contributed by atoms with Gasteiger partial charge in [0.25, 0.3) is 0 Å². The van der Waals surface area contributed by atoms with E-state index in [1.54, 1.807) is 83.1 Å². The van der Waals surface area contributed by atoms with Crippen molar-refractivity contribution >= 4 is 0 Å². The van der Waals surface area contributed by atoms with Crippen LogP contribution in [0.2, 0.25) is 0 Å². The van der Waals surface area contributed by atoms with Crippen LogP contribution in [0.4, 0.5) is 70.2 Å². The summed E-state index contributed by atoms with van der Waals surface area (Å²) in [5, 5.41) is 8.76. The summed E-state index contributed by atoms with van der Waals surface area (Å²) in [5.74, 6) is -12.4. The number of aliphatic hydroxyl groups excluding tert-OH is 1. The molecule has 0 heterocycles. The summed E-state index contributed by atoms with van der Waals surface area (Å²) in [4.78, 5) is 7.05. The molecule has 2 aliphatic rings. The molecule has 2 fully saturated rings. The van der Waals surface area contributed by atoms with Crippen molar-refractivity contribution in [3.63, 3.8) is 0 Å². The van der Waals surface area contributed by atoms with E-state index in [-0.39, 0.29) is 80.8 Å². The van der Waals surface area contributed by atoms with E-state index in [1.165, 1.54) is 54.4 Å². The largest absolute Gasteiger partial charge is 0.400 e. The molecule has 0 bridgehead atoms. The number of halogens is 16. The van der Waals surface area contributed by atoms with Crippen molar-refractivity contribution in [3.8, 4) is 0 Å². The van der Waals surface area contributed by atoms with Crippen LogP contribution in [-0.2, 0) is 9.47 Å².